The summed E-state index contributed by atoms with van der Waals surface area (Å²) in [5.41, 5.74) is 2.11. The molecule has 1 atom stereocenters. The zero-order chi connectivity index (χ0) is 24.1. The Morgan fingerprint density at radius 1 is 1.15 bits per heavy atom. The number of carbonyl (C=O) groups excluding carboxylic acids is 1. The fourth-order valence-electron chi connectivity index (χ4n) is 3.95. The van der Waals surface area contributed by atoms with Crippen LogP contribution in [-0.2, 0) is 27.6 Å². The first-order chi connectivity index (χ1) is 16.4. The molecule has 0 N–H and O–H groups in total. The maximum absolute atomic E-state index is 12.8. The van der Waals surface area contributed by atoms with Crippen molar-refractivity contribution in [2.45, 2.75) is 30.6 Å². The third-order valence-corrected chi connectivity index (χ3v) is 8.71. The molecule has 1 saturated heterocycles. The molecule has 34 heavy (non-hydrogen) atoms. The molecule has 0 saturated carbocycles. The highest BCUT2D eigenvalue weighted by atomic mass is 32.2. The van der Waals surface area contributed by atoms with E-state index in [1.165, 1.54) is 17.3 Å². The van der Waals surface area contributed by atoms with Gasteiger partial charge in [0.25, 0.3) is 0 Å². The molecule has 0 aliphatic carbocycles. The summed E-state index contributed by atoms with van der Waals surface area (Å²) in [6.45, 7) is 0.658. The first-order valence-electron chi connectivity index (χ1n) is 11.1. The number of carbonyl (C=O) groups is 1. The number of hydrogen-bond acceptors (Lipinski definition) is 7. The van der Waals surface area contributed by atoms with E-state index in [2.05, 4.69) is 22.3 Å². The normalized spacial score (nSPS) is 16.9. The van der Waals surface area contributed by atoms with Crippen molar-refractivity contribution in [3.8, 4) is 17.1 Å². The molecule has 3 aromatic rings. The molecule has 2 heterocycles. The number of methoxy groups -OCH3 is 1. The molecule has 1 aliphatic rings. The molecule has 10 heteroatoms. The maximum atomic E-state index is 12.8. The summed E-state index contributed by atoms with van der Waals surface area (Å²) in [6, 6.07) is 17.6. The van der Waals surface area contributed by atoms with Gasteiger partial charge in [-0.05, 0) is 42.7 Å². The summed E-state index contributed by atoms with van der Waals surface area (Å²) in [4.78, 5) is 14.4. The molecular weight excluding hydrogens is 472 g/mol. The Morgan fingerprint density at radius 3 is 2.53 bits per heavy atom. The van der Waals surface area contributed by atoms with Crippen LogP contribution in [0.5, 0.6) is 5.75 Å². The van der Waals surface area contributed by atoms with Crippen LogP contribution in [0, 0.1) is 0 Å². The van der Waals surface area contributed by atoms with Crippen LogP contribution in [0.15, 0.2) is 59.8 Å². The van der Waals surface area contributed by atoms with Crippen LogP contribution >= 0.6 is 11.8 Å². The minimum Gasteiger partial charge on any atom is -0.497 e. The molecule has 1 amide bonds. The fourth-order valence-corrected chi connectivity index (χ4v) is 6.61. The monoisotopic (exact) mass is 500 g/mol. The summed E-state index contributed by atoms with van der Waals surface area (Å²) in [5.74, 6) is 1.71. The Kier molecular flexibility index (Phi) is 7.57. The predicted molar refractivity (Wildman–Crippen MR) is 133 cm³/mol. The van der Waals surface area contributed by atoms with Gasteiger partial charge in [-0.25, -0.2) is 8.42 Å². The van der Waals surface area contributed by atoms with Crippen LogP contribution in [0.2, 0.25) is 0 Å². The van der Waals surface area contributed by atoms with E-state index in [0.29, 0.717) is 18.1 Å². The molecule has 1 fully saturated rings. The van der Waals surface area contributed by atoms with E-state index in [4.69, 9.17) is 4.74 Å². The van der Waals surface area contributed by atoms with E-state index in [1.807, 2.05) is 47.0 Å². The summed E-state index contributed by atoms with van der Waals surface area (Å²) in [5, 5.41) is 9.45. The van der Waals surface area contributed by atoms with Gasteiger partial charge in [-0.3, -0.25) is 4.79 Å². The van der Waals surface area contributed by atoms with Gasteiger partial charge in [0.1, 0.15) is 5.75 Å². The van der Waals surface area contributed by atoms with E-state index in [0.717, 1.165) is 23.6 Å². The average Bonchev–Trinajstić information content (AvgIpc) is 3.43. The Balaban J connectivity index is 1.51. The molecular formula is C24H28N4O4S2. The van der Waals surface area contributed by atoms with Gasteiger partial charge < -0.3 is 14.2 Å². The third kappa shape index (κ3) is 5.79. The number of nitrogens with zero attached hydrogens (tertiary/aromatic N) is 4. The minimum atomic E-state index is -3.05. The lowest BCUT2D eigenvalue weighted by Gasteiger charge is -2.23. The van der Waals surface area contributed by atoms with Gasteiger partial charge in [-0.2, -0.15) is 0 Å². The van der Waals surface area contributed by atoms with Crippen molar-refractivity contribution in [1.82, 2.24) is 19.7 Å². The lowest BCUT2D eigenvalue weighted by molar-refractivity contribution is -0.128. The van der Waals surface area contributed by atoms with Crippen molar-refractivity contribution in [1.29, 1.82) is 0 Å². The van der Waals surface area contributed by atoms with Crippen molar-refractivity contribution in [3.63, 3.8) is 0 Å². The Morgan fingerprint density at radius 2 is 1.88 bits per heavy atom. The second kappa shape index (κ2) is 10.6. The summed E-state index contributed by atoms with van der Waals surface area (Å²) < 4.78 is 30.9. The van der Waals surface area contributed by atoms with E-state index in [-0.39, 0.29) is 29.2 Å². The van der Waals surface area contributed by atoms with Gasteiger partial charge in [-0.15, -0.1) is 10.2 Å². The molecule has 1 aromatic heterocycles. The Bertz CT molecular complexity index is 1230. The van der Waals surface area contributed by atoms with E-state index in [1.54, 1.807) is 19.1 Å². The highest BCUT2D eigenvalue weighted by Crippen LogP contribution is 2.27. The van der Waals surface area contributed by atoms with Gasteiger partial charge in [0, 0.05) is 25.2 Å². The quantitative estimate of drug-likeness (QED) is 0.417. The SMILES string of the molecule is COc1ccc(-c2nnc(SCC(=O)N(C)C3CCS(=O)(=O)C3)n2CCc2ccccc2)cc1. The number of aryl methyl sites for hydroxylation is 1. The molecule has 8 nitrogen and oxygen atoms in total. The van der Waals surface area contributed by atoms with Crippen LogP contribution in [0.3, 0.4) is 0 Å². The van der Waals surface area contributed by atoms with Crippen molar-refractivity contribution in [2.24, 2.45) is 0 Å². The molecule has 1 unspecified atom stereocenters. The Labute approximate surface area is 204 Å². The number of aromatic nitrogens is 3. The van der Waals surface area contributed by atoms with E-state index >= 15 is 0 Å². The molecule has 0 spiro atoms. The second-order valence-electron chi connectivity index (χ2n) is 8.27. The van der Waals surface area contributed by atoms with Gasteiger partial charge in [0.2, 0.25) is 5.91 Å². The molecule has 4 rings (SSSR count). The van der Waals surface area contributed by atoms with Gasteiger partial charge in [-0.1, -0.05) is 42.1 Å². The average molecular weight is 501 g/mol. The smallest absolute Gasteiger partial charge is 0.233 e. The van der Waals surface area contributed by atoms with Crippen LogP contribution < -0.4 is 4.74 Å². The van der Waals surface area contributed by atoms with Crippen LogP contribution in [0.1, 0.15) is 12.0 Å². The van der Waals surface area contributed by atoms with Crippen molar-refractivity contribution in [3.05, 3.63) is 60.2 Å². The van der Waals surface area contributed by atoms with Crippen LogP contribution in [0.4, 0.5) is 0 Å². The number of benzene rings is 2. The van der Waals surface area contributed by atoms with Gasteiger partial charge in [0.15, 0.2) is 20.8 Å². The molecule has 0 radical (unpaired) electrons. The van der Waals surface area contributed by atoms with Crippen molar-refractivity contribution >= 4 is 27.5 Å². The van der Waals surface area contributed by atoms with Gasteiger partial charge in [0.05, 0.1) is 24.4 Å². The number of hydrogen-bond donors (Lipinski definition) is 0. The van der Waals surface area contributed by atoms with Gasteiger partial charge >= 0.3 is 0 Å². The minimum absolute atomic E-state index is 0.0365. The summed E-state index contributed by atoms with van der Waals surface area (Å²) >= 11 is 1.32. The van der Waals surface area contributed by atoms with Crippen molar-refractivity contribution < 1.29 is 17.9 Å². The standard InChI is InChI=1S/C24H28N4O4S2/c1-27(20-13-15-34(30,31)17-20)22(29)16-33-24-26-25-23(19-8-10-21(32-2)11-9-19)28(24)14-12-18-6-4-3-5-7-18/h3-11,20H,12-17H2,1-2H3. The molecule has 180 valence electrons. The zero-order valence-electron chi connectivity index (χ0n) is 19.3. The zero-order valence-corrected chi connectivity index (χ0v) is 20.9. The lowest BCUT2D eigenvalue weighted by atomic mass is 10.1. The Hall–Kier alpha value is -2.85. The number of sulfone groups is 1. The van der Waals surface area contributed by atoms with Crippen LogP contribution in [0.25, 0.3) is 11.4 Å². The number of thioether (sulfide) groups is 1. The number of amides is 1. The lowest BCUT2D eigenvalue weighted by Crippen LogP contribution is -2.38. The first-order valence-corrected chi connectivity index (χ1v) is 13.9. The fraction of sp³-hybridized carbons (Fsp3) is 0.375. The second-order valence-corrected chi connectivity index (χ2v) is 11.4. The summed E-state index contributed by atoms with van der Waals surface area (Å²) in [6.07, 6.45) is 1.29. The topological polar surface area (TPSA) is 94.4 Å². The van der Waals surface area contributed by atoms with E-state index in [9.17, 15) is 13.2 Å². The van der Waals surface area contributed by atoms with Crippen molar-refractivity contribution in [2.75, 3.05) is 31.4 Å². The molecule has 0 bridgehead atoms. The first kappa shape index (κ1) is 24.3. The summed E-state index contributed by atoms with van der Waals surface area (Å²) in [7, 11) is 0.254. The largest absolute Gasteiger partial charge is 0.497 e. The third-order valence-electron chi connectivity index (χ3n) is 6.01. The van der Waals surface area contributed by atoms with Crippen LogP contribution in [-0.4, -0.2) is 71.4 Å². The molecule has 1 aliphatic heterocycles. The predicted octanol–water partition coefficient (Wildman–Crippen LogP) is 2.93. The highest BCUT2D eigenvalue weighted by molar-refractivity contribution is 7.99. The van der Waals surface area contributed by atoms with E-state index < -0.39 is 9.84 Å². The maximum Gasteiger partial charge on any atom is 0.233 e. The molecule has 2 aromatic carbocycles. The number of rotatable bonds is 9. The number of ether oxygens (including phenoxy) is 1. The highest BCUT2D eigenvalue weighted by Gasteiger charge is 2.32.